The summed E-state index contributed by atoms with van der Waals surface area (Å²) in [6.45, 7) is 2.22. The van der Waals surface area contributed by atoms with Crippen LogP contribution in [0.1, 0.15) is 58.3 Å². The Balaban J connectivity index is 3.02. The molecule has 0 radical (unpaired) electrons. The predicted octanol–water partition coefficient (Wildman–Crippen LogP) is 3.63. The van der Waals surface area contributed by atoms with Crippen LogP contribution in [0, 0.1) is 0 Å². The molecule has 0 aromatic heterocycles. The van der Waals surface area contributed by atoms with Gasteiger partial charge in [0.05, 0.1) is 0 Å². The van der Waals surface area contributed by atoms with Crippen LogP contribution in [0.5, 0.6) is 0 Å². The van der Waals surface area contributed by atoms with E-state index in [1.165, 1.54) is 32.1 Å². The van der Waals surface area contributed by atoms with E-state index in [2.05, 4.69) is 19.6 Å². The second kappa shape index (κ2) is 10.1. The van der Waals surface area contributed by atoms with Gasteiger partial charge < -0.3 is 0 Å². The Morgan fingerprint density at radius 3 is 2.23 bits per heavy atom. The van der Waals surface area contributed by atoms with Crippen molar-refractivity contribution in [2.75, 3.05) is 5.75 Å². The van der Waals surface area contributed by atoms with Crippen LogP contribution in [-0.2, 0) is 4.79 Å². The molecular weight excluding hydrogens is 180 g/mol. The highest BCUT2D eigenvalue weighted by atomic mass is 32.1. The fourth-order valence-corrected chi connectivity index (χ4v) is 1.60. The second-order valence-corrected chi connectivity index (χ2v) is 3.98. The van der Waals surface area contributed by atoms with Gasteiger partial charge in [0.2, 0.25) is 0 Å². The minimum Gasteiger partial charge on any atom is -0.300 e. The van der Waals surface area contributed by atoms with Crippen LogP contribution in [0.3, 0.4) is 0 Å². The summed E-state index contributed by atoms with van der Waals surface area (Å²) >= 11 is 4.03. The van der Waals surface area contributed by atoms with Crippen LogP contribution >= 0.6 is 12.6 Å². The van der Waals surface area contributed by atoms with Crippen LogP contribution in [0.2, 0.25) is 0 Å². The Labute approximate surface area is 87.7 Å². The van der Waals surface area contributed by atoms with E-state index in [4.69, 9.17) is 0 Å². The van der Waals surface area contributed by atoms with Gasteiger partial charge in [0.15, 0.2) is 0 Å². The molecule has 0 rings (SSSR count). The molecule has 0 aromatic rings. The van der Waals surface area contributed by atoms with E-state index in [1.807, 2.05) is 0 Å². The molecule has 78 valence electrons. The molecule has 0 aliphatic carbocycles. The molecule has 0 heterocycles. The minimum absolute atomic E-state index is 0.380. The average Bonchev–Trinajstić information content (AvgIpc) is 2.11. The lowest BCUT2D eigenvalue weighted by Gasteiger charge is -1.99. The van der Waals surface area contributed by atoms with Gasteiger partial charge in [-0.3, -0.25) is 4.79 Å². The number of carbonyl (C=O) groups is 1. The van der Waals surface area contributed by atoms with Crippen LogP contribution in [-0.4, -0.2) is 11.5 Å². The first-order valence-corrected chi connectivity index (χ1v) is 6.07. The Hall–Kier alpha value is 0.0200. The van der Waals surface area contributed by atoms with Crippen LogP contribution in [0.25, 0.3) is 0 Å². The zero-order valence-corrected chi connectivity index (χ0v) is 9.61. The van der Waals surface area contributed by atoms with E-state index >= 15 is 0 Å². The third-order valence-electron chi connectivity index (χ3n) is 2.20. The topological polar surface area (TPSA) is 17.1 Å². The second-order valence-electron chi connectivity index (χ2n) is 3.53. The number of unbranched alkanes of at least 4 members (excludes halogenated alkanes) is 5. The molecule has 0 saturated carbocycles. The molecule has 0 unspecified atom stereocenters. The molecular formula is C11H22OS. The summed E-state index contributed by atoms with van der Waals surface area (Å²) in [7, 11) is 0. The van der Waals surface area contributed by atoms with Crippen molar-refractivity contribution in [2.45, 2.75) is 58.3 Å². The zero-order valence-electron chi connectivity index (χ0n) is 8.72. The van der Waals surface area contributed by atoms with Crippen LogP contribution < -0.4 is 0 Å². The maximum Gasteiger partial charge on any atom is 0.133 e. The summed E-state index contributed by atoms with van der Waals surface area (Å²) in [4.78, 5) is 11.1. The molecule has 0 N–H and O–H groups in total. The van der Waals surface area contributed by atoms with E-state index in [9.17, 15) is 4.79 Å². The Morgan fingerprint density at radius 2 is 1.62 bits per heavy atom. The molecule has 0 amide bonds. The summed E-state index contributed by atoms with van der Waals surface area (Å²) in [6, 6.07) is 0. The van der Waals surface area contributed by atoms with E-state index in [-0.39, 0.29) is 0 Å². The smallest absolute Gasteiger partial charge is 0.133 e. The van der Waals surface area contributed by atoms with Crippen LogP contribution in [0.15, 0.2) is 0 Å². The molecule has 0 atom stereocenters. The molecule has 0 aliphatic heterocycles. The summed E-state index contributed by atoms with van der Waals surface area (Å²) in [5, 5.41) is 0. The molecule has 0 spiro atoms. The molecule has 13 heavy (non-hydrogen) atoms. The van der Waals surface area contributed by atoms with Gasteiger partial charge in [-0.2, -0.15) is 12.6 Å². The minimum atomic E-state index is 0.380. The Bertz CT molecular complexity index is 123. The number of carbonyl (C=O) groups excluding carboxylic acids is 1. The third kappa shape index (κ3) is 9.94. The zero-order chi connectivity index (χ0) is 9.94. The largest absolute Gasteiger partial charge is 0.300 e. The number of ketones is 1. The maximum atomic E-state index is 11.1. The van der Waals surface area contributed by atoms with Crippen molar-refractivity contribution >= 4 is 18.4 Å². The highest BCUT2D eigenvalue weighted by Gasteiger charge is 1.99. The van der Waals surface area contributed by atoms with Crippen molar-refractivity contribution in [3.8, 4) is 0 Å². The highest BCUT2D eigenvalue weighted by molar-refractivity contribution is 7.80. The van der Waals surface area contributed by atoms with Crippen molar-refractivity contribution in [3.05, 3.63) is 0 Å². The molecule has 2 heteroatoms. The molecule has 1 nitrogen and oxygen atoms in total. The molecule has 0 fully saturated rings. The molecule has 0 saturated heterocycles. The number of rotatable bonds is 9. The van der Waals surface area contributed by atoms with Gasteiger partial charge in [-0.25, -0.2) is 0 Å². The van der Waals surface area contributed by atoms with E-state index < -0.39 is 0 Å². The monoisotopic (exact) mass is 202 g/mol. The van der Waals surface area contributed by atoms with E-state index in [0.717, 1.165) is 12.8 Å². The first-order valence-electron chi connectivity index (χ1n) is 5.43. The number of Topliss-reactive ketones (excluding diaryl/α,β-unsaturated/α-hetero) is 1. The third-order valence-corrected chi connectivity index (χ3v) is 2.42. The van der Waals surface area contributed by atoms with E-state index in [1.54, 1.807) is 0 Å². The van der Waals surface area contributed by atoms with Gasteiger partial charge in [0.25, 0.3) is 0 Å². The van der Waals surface area contributed by atoms with Crippen molar-refractivity contribution in [3.63, 3.8) is 0 Å². The summed E-state index contributed by atoms with van der Waals surface area (Å²) in [5.41, 5.74) is 0. The lowest BCUT2D eigenvalue weighted by Crippen LogP contribution is -1.97. The van der Waals surface area contributed by atoms with Crippen molar-refractivity contribution < 1.29 is 4.79 Å². The molecule has 0 aliphatic rings. The van der Waals surface area contributed by atoms with Gasteiger partial charge in [-0.1, -0.05) is 39.0 Å². The number of hydrogen-bond donors (Lipinski definition) is 1. The normalized spacial score (nSPS) is 10.3. The maximum absolute atomic E-state index is 11.1. The van der Waals surface area contributed by atoms with Crippen LogP contribution in [0.4, 0.5) is 0 Å². The quantitative estimate of drug-likeness (QED) is 0.446. The molecule has 0 bridgehead atoms. The van der Waals surface area contributed by atoms with E-state index in [0.29, 0.717) is 18.0 Å². The standard InChI is InChI=1S/C11H22OS/c1-2-3-4-5-6-7-8-11(12)9-10-13/h13H,2-10H2,1H3. The number of thiol groups is 1. The lowest BCUT2D eigenvalue weighted by molar-refractivity contribution is -0.118. The van der Waals surface area contributed by atoms with Crippen molar-refractivity contribution in [2.24, 2.45) is 0 Å². The van der Waals surface area contributed by atoms with Gasteiger partial charge in [-0.05, 0) is 12.2 Å². The summed E-state index contributed by atoms with van der Waals surface area (Å²) in [5.74, 6) is 1.08. The Kier molecular flexibility index (Phi) is 10.1. The highest BCUT2D eigenvalue weighted by Crippen LogP contribution is 2.07. The van der Waals surface area contributed by atoms with Crippen molar-refractivity contribution in [1.29, 1.82) is 0 Å². The lowest BCUT2D eigenvalue weighted by atomic mass is 10.1. The number of hydrogen-bond acceptors (Lipinski definition) is 2. The fourth-order valence-electron chi connectivity index (χ4n) is 1.35. The first-order chi connectivity index (χ1) is 6.31. The fraction of sp³-hybridized carbons (Fsp3) is 0.909. The first kappa shape index (κ1) is 13.0. The van der Waals surface area contributed by atoms with Gasteiger partial charge in [-0.15, -0.1) is 0 Å². The van der Waals surface area contributed by atoms with Gasteiger partial charge in [0.1, 0.15) is 5.78 Å². The van der Waals surface area contributed by atoms with Gasteiger partial charge >= 0.3 is 0 Å². The van der Waals surface area contributed by atoms with Crippen molar-refractivity contribution in [1.82, 2.24) is 0 Å². The predicted molar refractivity (Wildman–Crippen MR) is 61.5 cm³/mol. The summed E-state index contributed by atoms with van der Waals surface area (Å²) in [6.07, 6.45) is 8.97. The SMILES string of the molecule is CCCCCCCCC(=O)CCS. The molecule has 0 aromatic carbocycles. The Morgan fingerprint density at radius 1 is 1.00 bits per heavy atom. The summed E-state index contributed by atoms with van der Waals surface area (Å²) < 4.78 is 0. The average molecular weight is 202 g/mol. The van der Waals surface area contributed by atoms with Gasteiger partial charge in [0, 0.05) is 12.8 Å².